The summed E-state index contributed by atoms with van der Waals surface area (Å²) in [5.41, 5.74) is -3.13. The molecule has 1 atom stereocenters. The van der Waals surface area contributed by atoms with Gasteiger partial charge in [-0.15, -0.1) is 0 Å². The molecule has 0 saturated carbocycles. The van der Waals surface area contributed by atoms with E-state index in [1.807, 2.05) is 5.32 Å². The van der Waals surface area contributed by atoms with E-state index in [2.05, 4.69) is 21.2 Å². The quantitative estimate of drug-likeness (QED) is 0.782. The van der Waals surface area contributed by atoms with Gasteiger partial charge in [-0.05, 0) is 35.0 Å². The lowest BCUT2D eigenvalue weighted by atomic mass is 9.85. The molecule has 21 heavy (non-hydrogen) atoms. The van der Waals surface area contributed by atoms with Gasteiger partial charge in [0.25, 0.3) is 0 Å². The molecule has 3 nitrogen and oxygen atoms in total. The number of anilines is 1. The summed E-state index contributed by atoms with van der Waals surface area (Å²) in [5, 5.41) is 4.39. The van der Waals surface area contributed by atoms with Crippen LogP contribution in [0.3, 0.4) is 0 Å². The number of nitrogens with one attached hydrogen (secondary N) is 2. The van der Waals surface area contributed by atoms with Crippen LogP contribution in [-0.4, -0.2) is 25.2 Å². The van der Waals surface area contributed by atoms with E-state index in [0.29, 0.717) is 6.07 Å². The van der Waals surface area contributed by atoms with Crippen LogP contribution >= 0.6 is 15.9 Å². The van der Waals surface area contributed by atoms with Crippen LogP contribution in [0.4, 0.5) is 27.6 Å². The third kappa shape index (κ3) is 2.89. The highest BCUT2D eigenvalue weighted by Crippen LogP contribution is 2.44. The van der Waals surface area contributed by atoms with Crippen molar-refractivity contribution in [3.8, 4) is 0 Å². The molecule has 0 bridgehead atoms. The van der Waals surface area contributed by atoms with Crippen molar-refractivity contribution in [3.63, 3.8) is 0 Å². The molecule has 1 amide bonds. The number of hydrogen-bond acceptors (Lipinski definition) is 2. The molecule has 1 fully saturated rings. The van der Waals surface area contributed by atoms with Crippen LogP contribution in [0.15, 0.2) is 16.6 Å². The zero-order valence-corrected chi connectivity index (χ0v) is 12.0. The van der Waals surface area contributed by atoms with Gasteiger partial charge in [0.1, 0.15) is 5.82 Å². The van der Waals surface area contributed by atoms with Crippen molar-refractivity contribution >= 4 is 27.5 Å². The van der Waals surface area contributed by atoms with Gasteiger partial charge in [0.15, 0.2) is 11.2 Å². The SMILES string of the molecule is O=C(Nc1c(F)cc(F)cc1Br)C1(C(F)(F)F)CCNC1. The summed E-state index contributed by atoms with van der Waals surface area (Å²) in [6, 6.07) is 1.33. The van der Waals surface area contributed by atoms with E-state index in [4.69, 9.17) is 0 Å². The smallest absolute Gasteiger partial charge is 0.322 e. The molecule has 1 aliphatic heterocycles. The topological polar surface area (TPSA) is 41.1 Å². The zero-order valence-electron chi connectivity index (χ0n) is 10.5. The first-order valence-corrected chi connectivity index (χ1v) is 6.70. The van der Waals surface area contributed by atoms with E-state index in [9.17, 15) is 26.7 Å². The number of amides is 1. The van der Waals surface area contributed by atoms with Crippen molar-refractivity contribution in [2.75, 3.05) is 18.4 Å². The fourth-order valence-corrected chi connectivity index (χ4v) is 2.66. The molecule has 116 valence electrons. The summed E-state index contributed by atoms with van der Waals surface area (Å²) >= 11 is 2.81. The van der Waals surface area contributed by atoms with Crippen LogP contribution in [0, 0.1) is 17.0 Å². The average molecular weight is 373 g/mol. The van der Waals surface area contributed by atoms with Crippen molar-refractivity contribution in [1.82, 2.24) is 5.32 Å². The van der Waals surface area contributed by atoms with Gasteiger partial charge < -0.3 is 10.6 Å². The molecule has 1 aliphatic rings. The monoisotopic (exact) mass is 372 g/mol. The molecule has 0 aromatic heterocycles. The molecule has 2 N–H and O–H groups in total. The van der Waals surface area contributed by atoms with Crippen LogP contribution in [0.25, 0.3) is 0 Å². The maximum atomic E-state index is 13.6. The second-order valence-corrected chi connectivity index (χ2v) is 5.56. The molecule has 1 aromatic rings. The van der Waals surface area contributed by atoms with Crippen LogP contribution in [0.2, 0.25) is 0 Å². The van der Waals surface area contributed by atoms with E-state index in [0.717, 1.165) is 6.07 Å². The van der Waals surface area contributed by atoms with Gasteiger partial charge in [0.05, 0.1) is 5.69 Å². The van der Waals surface area contributed by atoms with Gasteiger partial charge in [-0.3, -0.25) is 4.79 Å². The molecular formula is C12H10BrF5N2O. The number of alkyl halides is 3. The van der Waals surface area contributed by atoms with Gasteiger partial charge in [-0.2, -0.15) is 13.2 Å². The zero-order chi connectivity index (χ0) is 15.8. The minimum absolute atomic E-state index is 0.0278. The van der Waals surface area contributed by atoms with Gasteiger partial charge in [0.2, 0.25) is 5.91 Å². The summed E-state index contributed by atoms with van der Waals surface area (Å²) < 4.78 is 65.9. The Balaban J connectivity index is 2.33. The molecule has 1 aromatic carbocycles. The predicted octanol–water partition coefficient (Wildman–Crippen LogP) is 3.21. The molecule has 0 aliphatic carbocycles. The lowest BCUT2D eigenvalue weighted by molar-refractivity contribution is -0.213. The number of rotatable bonds is 2. The number of hydrogen-bond donors (Lipinski definition) is 2. The van der Waals surface area contributed by atoms with Crippen molar-refractivity contribution in [2.24, 2.45) is 5.41 Å². The third-order valence-corrected chi connectivity index (χ3v) is 4.00. The molecule has 1 saturated heterocycles. The summed E-state index contributed by atoms with van der Waals surface area (Å²) in [7, 11) is 0. The van der Waals surface area contributed by atoms with Crippen molar-refractivity contribution in [3.05, 3.63) is 28.2 Å². The Hall–Kier alpha value is -1.22. The van der Waals surface area contributed by atoms with E-state index in [1.54, 1.807) is 0 Å². The van der Waals surface area contributed by atoms with Crippen molar-refractivity contribution in [2.45, 2.75) is 12.6 Å². The van der Waals surface area contributed by atoms with Crippen LogP contribution < -0.4 is 10.6 Å². The fraction of sp³-hybridized carbons (Fsp3) is 0.417. The Kier molecular flexibility index (Phi) is 4.25. The highest BCUT2D eigenvalue weighted by atomic mass is 79.9. The van der Waals surface area contributed by atoms with E-state index >= 15 is 0 Å². The molecular weight excluding hydrogens is 363 g/mol. The standard InChI is InChI=1S/C12H10BrF5N2O/c13-7-3-6(14)4-8(15)9(7)20-10(21)11(12(16,17)18)1-2-19-5-11/h3-4,19H,1-2,5H2,(H,20,21). The molecule has 0 radical (unpaired) electrons. The Labute approximate surface area is 125 Å². The molecule has 1 unspecified atom stereocenters. The summed E-state index contributed by atoms with van der Waals surface area (Å²) in [6.07, 6.45) is -5.22. The van der Waals surface area contributed by atoms with Crippen molar-refractivity contribution in [1.29, 1.82) is 0 Å². The van der Waals surface area contributed by atoms with Crippen molar-refractivity contribution < 1.29 is 26.7 Å². The number of halogens is 6. The number of carbonyl (C=O) groups is 1. The first-order chi connectivity index (χ1) is 9.67. The van der Waals surface area contributed by atoms with Crippen LogP contribution in [-0.2, 0) is 4.79 Å². The highest BCUT2D eigenvalue weighted by molar-refractivity contribution is 9.10. The van der Waals surface area contributed by atoms with Gasteiger partial charge >= 0.3 is 6.18 Å². The Morgan fingerprint density at radius 2 is 2.00 bits per heavy atom. The lowest BCUT2D eigenvalue weighted by Gasteiger charge is -2.29. The molecule has 0 spiro atoms. The molecule has 1 heterocycles. The summed E-state index contributed by atoms with van der Waals surface area (Å²) in [6.45, 7) is -0.553. The second-order valence-electron chi connectivity index (χ2n) is 4.71. The Bertz CT molecular complexity index is 546. The van der Waals surface area contributed by atoms with Crippen LogP contribution in [0.5, 0.6) is 0 Å². The minimum Gasteiger partial charge on any atom is -0.322 e. The number of carbonyl (C=O) groups excluding carboxylic acids is 1. The van der Waals surface area contributed by atoms with Crippen LogP contribution in [0.1, 0.15) is 6.42 Å². The average Bonchev–Trinajstić information content (AvgIpc) is 2.83. The Morgan fingerprint density at radius 1 is 1.33 bits per heavy atom. The molecule has 9 heteroatoms. The van der Waals surface area contributed by atoms with E-state index < -0.39 is 47.8 Å². The largest absolute Gasteiger partial charge is 0.404 e. The second kappa shape index (κ2) is 5.53. The summed E-state index contributed by atoms with van der Waals surface area (Å²) in [4.78, 5) is 12.0. The maximum absolute atomic E-state index is 13.6. The van der Waals surface area contributed by atoms with E-state index in [-0.39, 0.29) is 11.0 Å². The van der Waals surface area contributed by atoms with Gasteiger partial charge in [-0.25, -0.2) is 8.78 Å². The third-order valence-electron chi connectivity index (χ3n) is 3.38. The highest BCUT2D eigenvalue weighted by Gasteiger charge is 2.61. The predicted molar refractivity (Wildman–Crippen MR) is 68.7 cm³/mol. The minimum atomic E-state index is -4.77. The first kappa shape index (κ1) is 16.2. The normalized spacial score (nSPS) is 22.4. The maximum Gasteiger partial charge on any atom is 0.404 e. The van der Waals surface area contributed by atoms with E-state index in [1.165, 1.54) is 0 Å². The first-order valence-electron chi connectivity index (χ1n) is 5.91. The number of benzene rings is 1. The fourth-order valence-electron chi connectivity index (χ4n) is 2.15. The lowest BCUT2D eigenvalue weighted by Crippen LogP contribution is -2.49. The van der Waals surface area contributed by atoms with Gasteiger partial charge in [-0.1, -0.05) is 0 Å². The molecule has 2 rings (SSSR count). The Morgan fingerprint density at radius 3 is 2.48 bits per heavy atom. The summed E-state index contributed by atoms with van der Waals surface area (Å²) in [5.74, 6) is -3.44. The van der Waals surface area contributed by atoms with Gasteiger partial charge in [0, 0.05) is 17.1 Å².